The molecule has 25 heavy (non-hydrogen) atoms. The van der Waals surface area contributed by atoms with E-state index in [1.54, 1.807) is 23.9 Å². The van der Waals surface area contributed by atoms with E-state index in [-0.39, 0.29) is 5.82 Å². The summed E-state index contributed by atoms with van der Waals surface area (Å²) in [7, 11) is 1.78. The highest BCUT2D eigenvalue weighted by molar-refractivity contribution is 8.00. The lowest BCUT2D eigenvalue weighted by molar-refractivity contribution is 0.627. The lowest BCUT2D eigenvalue weighted by Crippen LogP contribution is -2.39. The van der Waals surface area contributed by atoms with Gasteiger partial charge in [0, 0.05) is 37.1 Å². The average molecular weight is 361 g/mol. The zero-order chi connectivity index (χ0) is 17.6. The van der Waals surface area contributed by atoms with Crippen molar-refractivity contribution in [2.45, 2.75) is 31.6 Å². The Hall–Kier alpha value is -2.02. The van der Waals surface area contributed by atoms with Gasteiger partial charge < -0.3 is 10.6 Å². The summed E-state index contributed by atoms with van der Waals surface area (Å²) in [5.41, 5.74) is 2.87. The number of aliphatic imine (C=N–C) groups is 1. The van der Waals surface area contributed by atoms with Crippen LogP contribution in [0.15, 0.2) is 35.5 Å². The summed E-state index contributed by atoms with van der Waals surface area (Å²) < 4.78 is 14.8. The van der Waals surface area contributed by atoms with Crippen LogP contribution in [0.5, 0.6) is 0 Å². The van der Waals surface area contributed by atoms with Crippen molar-refractivity contribution in [3.63, 3.8) is 0 Å². The van der Waals surface area contributed by atoms with Crippen LogP contribution in [0.4, 0.5) is 4.39 Å². The fourth-order valence-corrected chi connectivity index (χ4v) is 4.01. The van der Waals surface area contributed by atoms with Crippen molar-refractivity contribution < 1.29 is 4.39 Å². The Morgan fingerprint density at radius 2 is 2.16 bits per heavy atom. The Balaban J connectivity index is 1.57. The molecule has 1 aromatic carbocycles. The maximum Gasteiger partial charge on any atom is 0.191 e. The Bertz CT molecular complexity index is 720. The van der Waals surface area contributed by atoms with Crippen molar-refractivity contribution in [3.8, 4) is 5.69 Å². The number of halogens is 1. The molecule has 3 rings (SSSR count). The van der Waals surface area contributed by atoms with E-state index in [1.165, 1.54) is 30.7 Å². The third kappa shape index (κ3) is 4.75. The van der Waals surface area contributed by atoms with Gasteiger partial charge in [0.2, 0.25) is 0 Å². The first kappa shape index (κ1) is 17.8. The van der Waals surface area contributed by atoms with Crippen LogP contribution in [0.2, 0.25) is 0 Å². The van der Waals surface area contributed by atoms with Crippen molar-refractivity contribution >= 4 is 17.7 Å². The van der Waals surface area contributed by atoms with Gasteiger partial charge in [0.05, 0.1) is 11.4 Å². The molecule has 1 atom stereocenters. The number of guanidine groups is 1. The number of thioether (sulfide) groups is 1. The molecular weight excluding hydrogens is 337 g/mol. The lowest BCUT2D eigenvalue weighted by Gasteiger charge is -2.14. The minimum atomic E-state index is -0.246. The quantitative estimate of drug-likeness (QED) is 0.635. The predicted octanol–water partition coefficient (Wildman–Crippen LogP) is 2.88. The molecule has 1 aliphatic heterocycles. The van der Waals surface area contributed by atoms with E-state index in [9.17, 15) is 4.39 Å². The second-order valence-electron chi connectivity index (χ2n) is 6.10. The molecule has 1 saturated heterocycles. The fraction of sp³-hybridized carbons (Fsp3) is 0.444. The zero-order valence-corrected chi connectivity index (χ0v) is 15.4. The van der Waals surface area contributed by atoms with E-state index in [0.717, 1.165) is 29.4 Å². The van der Waals surface area contributed by atoms with Crippen LogP contribution in [0.25, 0.3) is 5.69 Å². The fourth-order valence-electron chi connectivity index (χ4n) is 2.81. The van der Waals surface area contributed by atoms with Crippen LogP contribution in [-0.4, -0.2) is 40.3 Å². The summed E-state index contributed by atoms with van der Waals surface area (Å²) >= 11 is 2.03. The van der Waals surface area contributed by atoms with Crippen LogP contribution >= 0.6 is 11.8 Å². The molecule has 0 bridgehead atoms. The number of aromatic nitrogens is 2. The van der Waals surface area contributed by atoms with E-state index >= 15 is 0 Å². The SMILES string of the molecule is CN=C(NCc1cn(-c2ccc(F)cc2)nc1C)NCC1CCCS1. The standard InChI is InChI=1S/C18H24FN5S/c1-13-14(12-24(23-13)16-7-5-15(19)6-8-16)10-21-18(20-2)22-11-17-4-3-9-25-17/h5-8,12,17H,3-4,9-11H2,1-2H3,(H2,20,21,22). The van der Waals surface area contributed by atoms with Crippen molar-refractivity contribution in [1.29, 1.82) is 0 Å². The summed E-state index contributed by atoms with van der Waals surface area (Å²) in [6.45, 7) is 3.56. The molecule has 5 nitrogen and oxygen atoms in total. The van der Waals surface area contributed by atoms with Gasteiger partial charge in [-0.15, -0.1) is 0 Å². The van der Waals surface area contributed by atoms with Crippen molar-refractivity contribution in [1.82, 2.24) is 20.4 Å². The average Bonchev–Trinajstić information content (AvgIpc) is 3.26. The Labute approximate surface area is 152 Å². The van der Waals surface area contributed by atoms with Gasteiger partial charge in [-0.25, -0.2) is 9.07 Å². The number of nitrogens with one attached hydrogen (secondary N) is 2. The molecule has 1 unspecified atom stereocenters. The van der Waals surface area contributed by atoms with Crippen LogP contribution in [0.3, 0.4) is 0 Å². The first-order valence-corrected chi connectivity index (χ1v) is 9.58. The number of hydrogen-bond acceptors (Lipinski definition) is 3. The molecule has 0 radical (unpaired) electrons. The molecule has 7 heteroatoms. The summed E-state index contributed by atoms with van der Waals surface area (Å²) in [5.74, 6) is 1.83. The normalized spacial score (nSPS) is 17.7. The molecule has 0 spiro atoms. The Kier molecular flexibility index (Phi) is 5.96. The number of rotatable bonds is 5. The Morgan fingerprint density at radius 3 is 2.84 bits per heavy atom. The number of nitrogens with zero attached hydrogens (tertiary/aromatic N) is 3. The van der Waals surface area contributed by atoms with Crippen LogP contribution in [0, 0.1) is 12.7 Å². The summed E-state index contributed by atoms with van der Waals surface area (Å²) in [6.07, 6.45) is 4.55. The maximum atomic E-state index is 13.1. The monoisotopic (exact) mass is 361 g/mol. The molecule has 134 valence electrons. The maximum absolute atomic E-state index is 13.1. The molecule has 2 aromatic rings. The van der Waals surface area contributed by atoms with E-state index in [2.05, 4.69) is 20.7 Å². The van der Waals surface area contributed by atoms with Crippen LogP contribution in [-0.2, 0) is 6.54 Å². The predicted molar refractivity (Wildman–Crippen MR) is 102 cm³/mol. The largest absolute Gasteiger partial charge is 0.355 e. The number of hydrogen-bond donors (Lipinski definition) is 2. The molecule has 0 saturated carbocycles. The number of aryl methyl sites for hydroxylation is 1. The Morgan fingerprint density at radius 1 is 1.36 bits per heavy atom. The minimum Gasteiger partial charge on any atom is -0.355 e. The van der Waals surface area contributed by atoms with Crippen molar-refractivity contribution in [3.05, 3.63) is 47.5 Å². The van der Waals surface area contributed by atoms with E-state index in [4.69, 9.17) is 0 Å². The lowest BCUT2D eigenvalue weighted by atomic mass is 10.2. The van der Waals surface area contributed by atoms with Gasteiger partial charge in [-0.1, -0.05) is 0 Å². The molecule has 2 heterocycles. The molecule has 1 aromatic heterocycles. The summed E-state index contributed by atoms with van der Waals surface area (Å²) in [5, 5.41) is 11.9. The molecule has 0 amide bonds. The van der Waals surface area contributed by atoms with Gasteiger partial charge in [-0.05, 0) is 49.8 Å². The first-order valence-electron chi connectivity index (χ1n) is 8.53. The number of benzene rings is 1. The van der Waals surface area contributed by atoms with Crippen molar-refractivity contribution in [2.75, 3.05) is 19.3 Å². The van der Waals surface area contributed by atoms with Gasteiger partial charge in [-0.3, -0.25) is 4.99 Å². The highest BCUT2D eigenvalue weighted by Crippen LogP contribution is 2.25. The summed E-state index contributed by atoms with van der Waals surface area (Å²) in [6, 6.07) is 6.33. The van der Waals surface area contributed by atoms with Crippen LogP contribution in [0.1, 0.15) is 24.1 Å². The molecule has 1 aliphatic rings. The highest BCUT2D eigenvalue weighted by atomic mass is 32.2. The van der Waals surface area contributed by atoms with Gasteiger partial charge >= 0.3 is 0 Å². The highest BCUT2D eigenvalue weighted by Gasteiger charge is 2.15. The van der Waals surface area contributed by atoms with Gasteiger partial charge in [0.1, 0.15) is 5.82 Å². The van der Waals surface area contributed by atoms with E-state index in [0.29, 0.717) is 11.8 Å². The third-order valence-corrected chi connectivity index (χ3v) is 5.68. The zero-order valence-electron chi connectivity index (χ0n) is 14.6. The first-order chi connectivity index (χ1) is 12.2. The van der Waals surface area contributed by atoms with Gasteiger partial charge in [0.15, 0.2) is 5.96 Å². The van der Waals surface area contributed by atoms with Gasteiger partial charge in [0.25, 0.3) is 0 Å². The smallest absolute Gasteiger partial charge is 0.191 e. The third-order valence-electron chi connectivity index (χ3n) is 4.28. The van der Waals surface area contributed by atoms with Crippen molar-refractivity contribution in [2.24, 2.45) is 4.99 Å². The minimum absolute atomic E-state index is 0.246. The molecular formula is C18H24FN5S. The molecule has 1 fully saturated rings. The molecule has 2 N–H and O–H groups in total. The van der Waals surface area contributed by atoms with Crippen LogP contribution < -0.4 is 10.6 Å². The summed E-state index contributed by atoms with van der Waals surface area (Å²) in [4.78, 5) is 4.28. The second-order valence-corrected chi connectivity index (χ2v) is 7.51. The second kappa shape index (κ2) is 8.38. The van der Waals surface area contributed by atoms with E-state index < -0.39 is 0 Å². The van der Waals surface area contributed by atoms with E-state index in [1.807, 2.05) is 24.9 Å². The van der Waals surface area contributed by atoms with Gasteiger partial charge in [-0.2, -0.15) is 16.9 Å². The topological polar surface area (TPSA) is 54.2 Å². The molecule has 0 aliphatic carbocycles.